The van der Waals surface area contributed by atoms with E-state index in [2.05, 4.69) is 37.7 Å². The number of aliphatic carboxylic acids is 1. The Morgan fingerprint density at radius 2 is 1.86 bits per heavy atom. The Kier molecular flexibility index (Phi) is 8.01. The van der Waals surface area contributed by atoms with Crippen molar-refractivity contribution in [2.75, 3.05) is 37.6 Å². The minimum absolute atomic E-state index is 0.297. The van der Waals surface area contributed by atoms with Crippen LogP contribution in [0.1, 0.15) is 36.9 Å². The third-order valence-electron chi connectivity index (χ3n) is 7.14. The molecule has 3 aliphatic rings. The first-order valence-corrected chi connectivity index (χ1v) is 13.1. The maximum Gasteiger partial charge on any atom is 0.490 e. The van der Waals surface area contributed by atoms with E-state index < -0.39 is 12.1 Å². The van der Waals surface area contributed by atoms with E-state index in [1.807, 2.05) is 24.1 Å². The number of piperazine rings is 1. The molecular weight excluding hydrogens is 493 g/mol. The standard InChI is InChI=1S/C23H30N4OS.C2HF3O2/c1-18-2-5-21(14-24-18)27-12-11-26(16-19-3-4-19)23(22(27)28)7-9-25(10-8-23)15-20-6-13-29-17-20;3-2(4,5)1(6)7/h2,5-6,13-14,17,19H,3-4,7-12,15-16H2,1H3;(H,6,7). The van der Waals surface area contributed by atoms with Gasteiger partial charge in [-0.25, -0.2) is 4.79 Å². The number of carbonyl (C=O) groups is 2. The van der Waals surface area contributed by atoms with Crippen LogP contribution < -0.4 is 4.90 Å². The monoisotopic (exact) mass is 524 g/mol. The van der Waals surface area contributed by atoms with E-state index >= 15 is 0 Å². The van der Waals surface area contributed by atoms with Crippen molar-refractivity contribution < 1.29 is 27.9 Å². The van der Waals surface area contributed by atoms with Gasteiger partial charge in [-0.1, -0.05) is 0 Å². The van der Waals surface area contributed by atoms with Gasteiger partial charge in [-0.05, 0) is 73.0 Å². The number of nitrogens with zero attached hydrogens (tertiary/aromatic N) is 4. The number of rotatable bonds is 5. The lowest BCUT2D eigenvalue weighted by Gasteiger charge is -2.53. The summed E-state index contributed by atoms with van der Waals surface area (Å²) in [5, 5.41) is 11.5. The van der Waals surface area contributed by atoms with Gasteiger partial charge in [0.1, 0.15) is 5.54 Å². The van der Waals surface area contributed by atoms with Crippen molar-refractivity contribution in [3.63, 3.8) is 0 Å². The zero-order chi connectivity index (χ0) is 25.9. The van der Waals surface area contributed by atoms with E-state index in [1.165, 1.54) is 18.4 Å². The molecular formula is C25H31F3N4O3S. The first-order valence-electron chi connectivity index (χ1n) is 12.1. The Bertz CT molecular complexity index is 1030. The van der Waals surface area contributed by atoms with Gasteiger partial charge in [0.25, 0.3) is 0 Å². The summed E-state index contributed by atoms with van der Waals surface area (Å²) >= 11 is 1.76. The fraction of sp³-hybridized carbons (Fsp3) is 0.560. The number of anilines is 1. The molecule has 2 aromatic rings. The lowest BCUT2D eigenvalue weighted by atomic mass is 9.81. The van der Waals surface area contributed by atoms with Crippen LogP contribution in [0.5, 0.6) is 0 Å². The zero-order valence-electron chi connectivity index (χ0n) is 20.2. The molecule has 5 rings (SSSR count). The number of amides is 1. The maximum atomic E-state index is 13.9. The number of hydrogen-bond donors (Lipinski definition) is 1. The molecule has 2 aromatic heterocycles. The van der Waals surface area contributed by atoms with Crippen molar-refractivity contribution in [1.82, 2.24) is 14.8 Å². The molecule has 1 spiro atoms. The molecule has 0 radical (unpaired) electrons. The second kappa shape index (κ2) is 10.9. The minimum atomic E-state index is -5.08. The van der Waals surface area contributed by atoms with Gasteiger partial charge in [0.05, 0.1) is 11.9 Å². The summed E-state index contributed by atoms with van der Waals surface area (Å²) in [6.07, 6.45) is 1.30. The topological polar surface area (TPSA) is 77.0 Å². The zero-order valence-corrected chi connectivity index (χ0v) is 21.0. The Balaban J connectivity index is 0.000000384. The SMILES string of the molecule is Cc1ccc(N2CCN(CC3CC3)C3(CCN(Cc4ccsc4)CC3)C2=O)cn1.O=C(O)C(F)(F)F. The first kappa shape index (κ1) is 26.6. The number of hydrogen-bond acceptors (Lipinski definition) is 6. The van der Waals surface area contributed by atoms with Gasteiger partial charge in [-0.15, -0.1) is 0 Å². The van der Waals surface area contributed by atoms with Crippen LogP contribution in [0.3, 0.4) is 0 Å². The molecule has 196 valence electrons. The second-order valence-corrected chi connectivity index (χ2v) is 10.5. The lowest BCUT2D eigenvalue weighted by Crippen LogP contribution is -2.69. The average Bonchev–Trinajstić information content (AvgIpc) is 3.51. The molecule has 0 atom stereocenters. The molecule has 36 heavy (non-hydrogen) atoms. The van der Waals surface area contributed by atoms with Gasteiger partial charge in [0.2, 0.25) is 5.91 Å². The van der Waals surface area contributed by atoms with Gasteiger partial charge in [0, 0.05) is 45.0 Å². The summed E-state index contributed by atoms with van der Waals surface area (Å²) in [7, 11) is 0. The van der Waals surface area contributed by atoms with Gasteiger partial charge in [0.15, 0.2) is 0 Å². The predicted molar refractivity (Wildman–Crippen MR) is 131 cm³/mol. The van der Waals surface area contributed by atoms with E-state index in [1.54, 1.807) is 11.3 Å². The van der Waals surface area contributed by atoms with Crippen LogP contribution in [-0.2, 0) is 16.1 Å². The number of carboxylic acids is 1. The Hall–Kier alpha value is -2.50. The summed E-state index contributed by atoms with van der Waals surface area (Å²) < 4.78 is 31.7. The fourth-order valence-corrected chi connectivity index (χ4v) is 5.58. The number of halogens is 3. The summed E-state index contributed by atoms with van der Waals surface area (Å²) in [6, 6.07) is 6.28. The molecule has 0 bridgehead atoms. The molecule has 1 saturated carbocycles. The number of aryl methyl sites for hydroxylation is 1. The highest BCUT2D eigenvalue weighted by atomic mass is 32.1. The van der Waals surface area contributed by atoms with Crippen molar-refractivity contribution in [3.05, 3.63) is 46.4 Å². The van der Waals surface area contributed by atoms with Crippen LogP contribution in [0.25, 0.3) is 0 Å². The fourth-order valence-electron chi connectivity index (χ4n) is 4.92. The number of thiophene rings is 1. The van der Waals surface area contributed by atoms with Gasteiger partial charge in [-0.2, -0.15) is 24.5 Å². The van der Waals surface area contributed by atoms with Gasteiger partial charge >= 0.3 is 12.1 Å². The second-order valence-electron chi connectivity index (χ2n) is 9.75. The van der Waals surface area contributed by atoms with Gasteiger partial charge < -0.3 is 10.0 Å². The summed E-state index contributed by atoms with van der Waals surface area (Å²) in [6.45, 7) is 7.81. The number of piperidine rings is 1. The number of pyridine rings is 1. The van der Waals surface area contributed by atoms with E-state index in [4.69, 9.17) is 9.90 Å². The summed E-state index contributed by atoms with van der Waals surface area (Å²) in [5.41, 5.74) is 3.00. The molecule has 7 nitrogen and oxygen atoms in total. The molecule has 4 heterocycles. The number of carbonyl (C=O) groups excluding carboxylic acids is 1. The Labute approximate surface area is 212 Å². The normalized spacial score (nSPS) is 20.8. The summed E-state index contributed by atoms with van der Waals surface area (Å²) in [5.74, 6) is -1.66. The van der Waals surface area contributed by atoms with E-state index in [0.717, 1.165) is 69.4 Å². The van der Waals surface area contributed by atoms with Crippen LogP contribution in [0.4, 0.5) is 18.9 Å². The molecule has 0 aromatic carbocycles. The molecule has 1 amide bonds. The van der Waals surface area contributed by atoms with Crippen LogP contribution in [0.15, 0.2) is 35.2 Å². The molecule has 2 saturated heterocycles. The highest BCUT2D eigenvalue weighted by Gasteiger charge is 2.51. The lowest BCUT2D eigenvalue weighted by molar-refractivity contribution is -0.192. The first-order chi connectivity index (χ1) is 17.1. The highest BCUT2D eigenvalue weighted by molar-refractivity contribution is 7.07. The molecule has 0 unspecified atom stereocenters. The van der Waals surface area contributed by atoms with E-state index in [-0.39, 0.29) is 5.54 Å². The van der Waals surface area contributed by atoms with Crippen molar-refractivity contribution >= 4 is 28.9 Å². The number of aromatic nitrogens is 1. The van der Waals surface area contributed by atoms with Crippen LogP contribution in [-0.4, -0.2) is 76.2 Å². The van der Waals surface area contributed by atoms with Crippen LogP contribution >= 0.6 is 11.3 Å². The number of carboxylic acid groups (broad SMARTS) is 1. The van der Waals surface area contributed by atoms with E-state index in [9.17, 15) is 18.0 Å². The molecule has 2 aliphatic heterocycles. The maximum absolute atomic E-state index is 13.9. The van der Waals surface area contributed by atoms with Crippen molar-refractivity contribution in [2.24, 2.45) is 5.92 Å². The van der Waals surface area contributed by atoms with Crippen molar-refractivity contribution in [2.45, 2.75) is 50.9 Å². The van der Waals surface area contributed by atoms with Crippen molar-refractivity contribution in [1.29, 1.82) is 0 Å². The molecule has 3 fully saturated rings. The third kappa shape index (κ3) is 6.24. The quantitative estimate of drug-likeness (QED) is 0.633. The largest absolute Gasteiger partial charge is 0.490 e. The van der Waals surface area contributed by atoms with Crippen molar-refractivity contribution in [3.8, 4) is 0 Å². The van der Waals surface area contributed by atoms with E-state index in [0.29, 0.717) is 5.91 Å². The van der Waals surface area contributed by atoms with Crippen LogP contribution in [0, 0.1) is 12.8 Å². The minimum Gasteiger partial charge on any atom is -0.475 e. The molecule has 11 heteroatoms. The average molecular weight is 525 g/mol. The Morgan fingerprint density at radius 3 is 2.39 bits per heavy atom. The third-order valence-corrected chi connectivity index (χ3v) is 7.87. The van der Waals surface area contributed by atoms with Crippen LogP contribution in [0.2, 0.25) is 0 Å². The number of alkyl halides is 3. The Morgan fingerprint density at radius 1 is 1.17 bits per heavy atom. The number of likely N-dealkylation sites (tertiary alicyclic amines) is 1. The molecule has 1 N–H and O–H groups in total. The van der Waals surface area contributed by atoms with Gasteiger partial charge in [-0.3, -0.25) is 19.6 Å². The molecule has 1 aliphatic carbocycles. The smallest absolute Gasteiger partial charge is 0.475 e. The summed E-state index contributed by atoms with van der Waals surface area (Å²) in [4.78, 5) is 34.3. The predicted octanol–water partition coefficient (Wildman–Crippen LogP) is 4.18. The highest BCUT2D eigenvalue weighted by Crippen LogP contribution is 2.39.